The lowest BCUT2D eigenvalue weighted by Crippen LogP contribution is -2.36. The van der Waals surface area contributed by atoms with Gasteiger partial charge in [-0.05, 0) is 32.1 Å². The van der Waals surface area contributed by atoms with Crippen LogP contribution in [0.5, 0.6) is 0 Å². The van der Waals surface area contributed by atoms with Crippen LogP contribution in [0.25, 0.3) is 0 Å². The fraction of sp³-hybridized carbons (Fsp3) is 0.778. The van der Waals surface area contributed by atoms with Crippen molar-refractivity contribution in [3.05, 3.63) is 11.8 Å². The van der Waals surface area contributed by atoms with E-state index in [-0.39, 0.29) is 0 Å². The number of likely N-dealkylation sites (tertiary alicyclic amines) is 1. The molecule has 1 heteroatoms. The maximum Gasteiger partial charge on any atom is 0.0191 e. The molecule has 0 atom stereocenters. The van der Waals surface area contributed by atoms with Gasteiger partial charge in [0.1, 0.15) is 0 Å². The van der Waals surface area contributed by atoms with Gasteiger partial charge in [-0.1, -0.05) is 6.08 Å². The van der Waals surface area contributed by atoms with Gasteiger partial charge in [0, 0.05) is 18.8 Å². The van der Waals surface area contributed by atoms with E-state index in [0.717, 1.165) is 0 Å². The Balaban J connectivity index is 1.94. The highest BCUT2D eigenvalue weighted by Gasteiger charge is 2.17. The summed E-state index contributed by atoms with van der Waals surface area (Å²) in [6.45, 7) is 2.65. The van der Waals surface area contributed by atoms with E-state index in [9.17, 15) is 0 Å². The molecule has 0 bridgehead atoms. The van der Waals surface area contributed by atoms with Crippen molar-refractivity contribution in [1.29, 1.82) is 0 Å². The molecule has 0 aromatic carbocycles. The van der Waals surface area contributed by atoms with Gasteiger partial charge in [-0.25, -0.2) is 0 Å². The van der Waals surface area contributed by atoms with Gasteiger partial charge in [0.25, 0.3) is 0 Å². The fourth-order valence-corrected chi connectivity index (χ4v) is 1.71. The Morgan fingerprint density at radius 3 is 2.50 bits per heavy atom. The van der Waals surface area contributed by atoms with Crippen LogP contribution < -0.4 is 0 Å². The lowest BCUT2D eigenvalue weighted by atomic mass is 10.0. The second kappa shape index (κ2) is 2.65. The summed E-state index contributed by atoms with van der Waals surface area (Å²) < 4.78 is 0. The lowest BCUT2D eigenvalue weighted by Gasteiger charge is -2.36. The van der Waals surface area contributed by atoms with Crippen molar-refractivity contribution in [2.24, 2.45) is 0 Å². The normalized spacial score (nSPS) is 25.6. The van der Waals surface area contributed by atoms with Crippen LogP contribution in [0.15, 0.2) is 11.8 Å². The Morgan fingerprint density at radius 2 is 2.00 bits per heavy atom. The summed E-state index contributed by atoms with van der Waals surface area (Å²) in [5.41, 5.74) is 1.64. The van der Waals surface area contributed by atoms with Gasteiger partial charge in [0.2, 0.25) is 0 Å². The summed E-state index contributed by atoms with van der Waals surface area (Å²) in [7, 11) is 0. The third kappa shape index (κ3) is 1.05. The Hall–Kier alpha value is -0.460. The Bertz CT molecular complexity index is 145. The summed E-state index contributed by atoms with van der Waals surface area (Å²) in [5, 5.41) is 0. The Kier molecular flexibility index (Phi) is 1.66. The van der Waals surface area contributed by atoms with Crippen LogP contribution in [0.3, 0.4) is 0 Å². The summed E-state index contributed by atoms with van der Waals surface area (Å²) in [5.74, 6) is 0. The molecule has 2 aliphatic rings. The molecule has 1 heterocycles. The first-order chi connectivity index (χ1) is 4.97. The first kappa shape index (κ1) is 6.26. The molecule has 0 saturated carbocycles. The first-order valence-corrected chi connectivity index (χ1v) is 4.41. The van der Waals surface area contributed by atoms with Gasteiger partial charge in [-0.3, -0.25) is 0 Å². The van der Waals surface area contributed by atoms with E-state index in [0.29, 0.717) is 0 Å². The highest BCUT2D eigenvalue weighted by Crippen LogP contribution is 2.24. The molecule has 0 N–H and O–H groups in total. The molecular formula is C9H15N. The minimum Gasteiger partial charge on any atom is -0.375 e. The smallest absolute Gasteiger partial charge is 0.0191 e. The Labute approximate surface area is 62.7 Å². The van der Waals surface area contributed by atoms with E-state index < -0.39 is 0 Å². The molecule has 0 amide bonds. The average Bonchev–Trinajstić information content (AvgIpc) is 1.86. The average molecular weight is 137 g/mol. The van der Waals surface area contributed by atoms with E-state index in [2.05, 4.69) is 11.0 Å². The standard InChI is InChI=1S/C9H15N/c1-2-5-9(6-3-1)10-7-4-8-10/h5H,1-4,6-8H2. The lowest BCUT2D eigenvalue weighted by molar-refractivity contribution is 0.225. The molecule has 1 fully saturated rings. The second-order valence-electron chi connectivity index (χ2n) is 3.28. The quantitative estimate of drug-likeness (QED) is 0.535. The van der Waals surface area contributed by atoms with Crippen molar-refractivity contribution in [3.8, 4) is 0 Å². The third-order valence-corrected chi connectivity index (χ3v) is 2.53. The van der Waals surface area contributed by atoms with Crippen molar-refractivity contribution < 1.29 is 0 Å². The fourth-order valence-electron chi connectivity index (χ4n) is 1.71. The van der Waals surface area contributed by atoms with E-state index in [1.165, 1.54) is 45.2 Å². The van der Waals surface area contributed by atoms with Gasteiger partial charge in [0.05, 0.1) is 0 Å². The third-order valence-electron chi connectivity index (χ3n) is 2.53. The van der Waals surface area contributed by atoms with Crippen molar-refractivity contribution in [2.45, 2.75) is 32.1 Å². The first-order valence-electron chi connectivity index (χ1n) is 4.41. The Morgan fingerprint density at radius 1 is 1.10 bits per heavy atom. The number of rotatable bonds is 1. The highest BCUT2D eigenvalue weighted by atomic mass is 15.2. The van der Waals surface area contributed by atoms with Gasteiger partial charge >= 0.3 is 0 Å². The highest BCUT2D eigenvalue weighted by molar-refractivity contribution is 5.06. The molecule has 1 saturated heterocycles. The van der Waals surface area contributed by atoms with Crippen molar-refractivity contribution >= 4 is 0 Å². The molecule has 1 nitrogen and oxygen atoms in total. The molecule has 0 radical (unpaired) electrons. The van der Waals surface area contributed by atoms with Gasteiger partial charge in [-0.15, -0.1) is 0 Å². The number of hydrogen-bond acceptors (Lipinski definition) is 1. The van der Waals surface area contributed by atoms with Crippen LogP contribution in [0, 0.1) is 0 Å². The van der Waals surface area contributed by atoms with Crippen LogP contribution in [-0.2, 0) is 0 Å². The largest absolute Gasteiger partial charge is 0.375 e. The van der Waals surface area contributed by atoms with Gasteiger partial charge < -0.3 is 4.90 Å². The number of nitrogens with zero attached hydrogens (tertiary/aromatic N) is 1. The zero-order valence-electron chi connectivity index (χ0n) is 6.47. The molecule has 0 spiro atoms. The van der Waals surface area contributed by atoms with Crippen molar-refractivity contribution in [2.75, 3.05) is 13.1 Å². The summed E-state index contributed by atoms with van der Waals surface area (Å²) in [6, 6.07) is 0. The maximum atomic E-state index is 2.53. The predicted molar refractivity (Wildman–Crippen MR) is 42.7 cm³/mol. The van der Waals surface area contributed by atoms with E-state index >= 15 is 0 Å². The van der Waals surface area contributed by atoms with Gasteiger partial charge in [-0.2, -0.15) is 0 Å². The topological polar surface area (TPSA) is 3.24 Å². The minimum absolute atomic E-state index is 1.33. The van der Waals surface area contributed by atoms with E-state index in [4.69, 9.17) is 0 Å². The van der Waals surface area contributed by atoms with Crippen LogP contribution in [0.1, 0.15) is 32.1 Å². The molecule has 0 aromatic heterocycles. The zero-order valence-corrected chi connectivity index (χ0v) is 6.47. The predicted octanol–water partition coefficient (Wildman–Crippen LogP) is 2.15. The van der Waals surface area contributed by atoms with Crippen LogP contribution >= 0.6 is 0 Å². The van der Waals surface area contributed by atoms with Crippen LogP contribution in [0.4, 0.5) is 0 Å². The van der Waals surface area contributed by atoms with Gasteiger partial charge in [0.15, 0.2) is 0 Å². The monoisotopic (exact) mass is 137 g/mol. The summed E-state index contributed by atoms with van der Waals surface area (Å²) in [6.07, 6.45) is 9.35. The van der Waals surface area contributed by atoms with E-state index in [1.807, 2.05) is 0 Å². The molecule has 0 aromatic rings. The molecule has 56 valence electrons. The van der Waals surface area contributed by atoms with Crippen LogP contribution in [0.2, 0.25) is 0 Å². The van der Waals surface area contributed by atoms with Crippen molar-refractivity contribution in [1.82, 2.24) is 4.90 Å². The van der Waals surface area contributed by atoms with Crippen LogP contribution in [-0.4, -0.2) is 18.0 Å². The molecule has 1 aliphatic carbocycles. The zero-order chi connectivity index (χ0) is 6.81. The molecule has 1 aliphatic heterocycles. The van der Waals surface area contributed by atoms with Crippen molar-refractivity contribution in [3.63, 3.8) is 0 Å². The minimum atomic E-state index is 1.33. The maximum absolute atomic E-state index is 2.53. The van der Waals surface area contributed by atoms with E-state index in [1.54, 1.807) is 5.70 Å². The second-order valence-corrected chi connectivity index (χ2v) is 3.28. The molecule has 0 unspecified atom stereocenters. The summed E-state index contributed by atoms with van der Waals surface area (Å²) in [4.78, 5) is 2.53. The molecule has 10 heavy (non-hydrogen) atoms. The summed E-state index contributed by atoms with van der Waals surface area (Å²) >= 11 is 0. The number of hydrogen-bond donors (Lipinski definition) is 0. The number of allylic oxidation sites excluding steroid dienone is 2. The molecule has 2 rings (SSSR count). The molecular weight excluding hydrogens is 122 g/mol. The SMILES string of the molecule is C1=C(N2CCC2)CCCC1.